The standard InChI is InChI=1S/C12H14O4/c1-8(2)9-3-5-10(6-4-9)16-11(7-13)12(14)15/h3-8,11H,1-2H3,(H,14,15). The Balaban J connectivity index is 2.75. The smallest absolute Gasteiger partial charge is 0.352 e. The maximum absolute atomic E-state index is 10.6. The third-order valence-corrected chi connectivity index (χ3v) is 2.18. The number of hydrogen-bond donors (Lipinski definition) is 1. The summed E-state index contributed by atoms with van der Waals surface area (Å²) in [6.07, 6.45) is -1.18. The van der Waals surface area contributed by atoms with Gasteiger partial charge in [0.25, 0.3) is 0 Å². The van der Waals surface area contributed by atoms with Gasteiger partial charge in [-0.15, -0.1) is 0 Å². The molecular weight excluding hydrogens is 208 g/mol. The molecule has 0 bridgehead atoms. The Bertz CT molecular complexity index is 367. The number of hydrogen-bond acceptors (Lipinski definition) is 3. The van der Waals surface area contributed by atoms with Crippen molar-refractivity contribution in [1.29, 1.82) is 0 Å². The lowest BCUT2D eigenvalue weighted by Crippen LogP contribution is -2.28. The minimum absolute atomic E-state index is 0.263. The number of aliphatic carboxylic acids is 1. The fourth-order valence-electron chi connectivity index (χ4n) is 1.21. The number of rotatable bonds is 5. The van der Waals surface area contributed by atoms with Gasteiger partial charge in [0.1, 0.15) is 5.75 Å². The van der Waals surface area contributed by atoms with E-state index < -0.39 is 12.1 Å². The van der Waals surface area contributed by atoms with E-state index in [2.05, 4.69) is 13.8 Å². The van der Waals surface area contributed by atoms with E-state index in [1.54, 1.807) is 12.1 Å². The van der Waals surface area contributed by atoms with E-state index in [0.29, 0.717) is 11.7 Å². The Kier molecular flexibility index (Phi) is 4.05. The van der Waals surface area contributed by atoms with Crippen LogP contribution in [0.15, 0.2) is 24.3 Å². The molecule has 0 saturated heterocycles. The molecule has 16 heavy (non-hydrogen) atoms. The van der Waals surface area contributed by atoms with Gasteiger partial charge in [0.05, 0.1) is 0 Å². The van der Waals surface area contributed by atoms with Gasteiger partial charge in [-0.1, -0.05) is 26.0 Å². The Morgan fingerprint density at radius 1 is 1.31 bits per heavy atom. The van der Waals surface area contributed by atoms with Gasteiger partial charge in [-0.25, -0.2) is 4.79 Å². The molecule has 4 nitrogen and oxygen atoms in total. The van der Waals surface area contributed by atoms with Crippen LogP contribution < -0.4 is 4.74 Å². The summed E-state index contributed by atoms with van der Waals surface area (Å²) < 4.78 is 4.99. The molecule has 1 atom stereocenters. The molecule has 1 unspecified atom stereocenters. The summed E-state index contributed by atoms with van der Waals surface area (Å²) in [5.74, 6) is -0.512. The number of aldehydes is 1. The molecule has 0 fully saturated rings. The third-order valence-electron chi connectivity index (χ3n) is 2.18. The van der Waals surface area contributed by atoms with Gasteiger partial charge >= 0.3 is 5.97 Å². The topological polar surface area (TPSA) is 63.6 Å². The van der Waals surface area contributed by atoms with Crippen LogP contribution in [0.1, 0.15) is 25.3 Å². The summed E-state index contributed by atoms with van der Waals surface area (Å²) in [5.41, 5.74) is 1.13. The van der Waals surface area contributed by atoms with Gasteiger partial charge < -0.3 is 9.84 Å². The van der Waals surface area contributed by atoms with Gasteiger partial charge in [-0.2, -0.15) is 0 Å². The first-order valence-electron chi connectivity index (χ1n) is 4.99. The van der Waals surface area contributed by atoms with E-state index in [1.165, 1.54) is 0 Å². The van der Waals surface area contributed by atoms with Crippen LogP contribution >= 0.6 is 0 Å². The quantitative estimate of drug-likeness (QED) is 0.610. The molecule has 0 aliphatic heterocycles. The number of benzene rings is 1. The van der Waals surface area contributed by atoms with Crippen molar-refractivity contribution in [3.63, 3.8) is 0 Å². The van der Waals surface area contributed by atoms with Gasteiger partial charge in [-0.3, -0.25) is 4.79 Å². The first-order valence-corrected chi connectivity index (χ1v) is 4.99. The summed E-state index contributed by atoms with van der Waals surface area (Å²) in [4.78, 5) is 21.0. The number of carbonyl (C=O) groups excluding carboxylic acids is 1. The lowest BCUT2D eigenvalue weighted by Gasteiger charge is -2.10. The fraction of sp³-hybridized carbons (Fsp3) is 0.333. The first kappa shape index (κ1) is 12.2. The predicted octanol–water partition coefficient (Wildman–Crippen LogP) is 1.84. The van der Waals surface area contributed by atoms with Crippen molar-refractivity contribution < 1.29 is 19.4 Å². The van der Waals surface area contributed by atoms with Gasteiger partial charge in [0.15, 0.2) is 6.29 Å². The molecule has 1 aromatic rings. The Hall–Kier alpha value is -1.84. The Morgan fingerprint density at radius 3 is 2.25 bits per heavy atom. The van der Waals surface area contributed by atoms with Gasteiger partial charge in [-0.05, 0) is 23.6 Å². The number of ether oxygens (including phenoxy) is 1. The first-order chi connectivity index (χ1) is 7.54. The van der Waals surface area contributed by atoms with Crippen LogP contribution in [-0.2, 0) is 9.59 Å². The molecule has 0 aliphatic carbocycles. The van der Waals surface area contributed by atoms with Crippen LogP contribution in [0, 0.1) is 0 Å². The van der Waals surface area contributed by atoms with Crippen LogP contribution in [-0.4, -0.2) is 23.5 Å². The second-order valence-corrected chi connectivity index (χ2v) is 3.74. The molecule has 1 aromatic carbocycles. The molecule has 0 heterocycles. The lowest BCUT2D eigenvalue weighted by atomic mass is 10.0. The molecule has 4 heteroatoms. The highest BCUT2D eigenvalue weighted by atomic mass is 16.5. The lowest BCUT2D eigenvalue weighted by molar-refractivity contribution is -0.147. The second-order valence-electron chi connectivity index (χ2n) is 3.74. The molecule has 1 rings (SSSR count). The number of carboxylic acids is 1. The number of carbonyl (C=O) groups is 2. The SMILES string of the molecule is CC(C)c1ccc(OC(C=O)C(=O)O)cc1. The summed E-state index contributed by atoms with van der Waals surface area (Å²) in [6.45, 7) is 4.11. The Labute approximate surface area is 93.9 Å². The van der Waals surface area contributed by atoms with E-state index >= 15 is 0 Å². The normalized spacial score (nSPS) is 12.2. The van der Waals surface area contributed by atoms with Gasteiger partial charge in [0.2, 0.25) is 6.10 Å². The van der Waals surface area contributed by atoms with Crippen LogP contribution in [0.3, 0.4) is 0 Å². The molecule has 0 aromatic heterocycles. The second kappa shape index (κ2) is 5.30. The average molecular weight is 222 g/mol. The predicted molar refractivity (Wildman–Crippen MR) is 58.6 cm³/mol. The molecule has 0 radical (unpaired) electrons. The zero-order valence-electron chi connectivity index (χ0n) is 9.21. The van der Waals surface area contributed by atoms with E-state index in [4.69, 9.17) is 9.84 Å². The molecule has 0 amide bonds. The zero-order chi connectivity index (χ0) is 12.1. The van der Waals surface area contributed by atoms with Crippen LogP contribution in [0.2, 0.25) is 0 Å². The zero-order valence-corrected chi connectivity index (χ0v) is 9.21. The van der Waals surface area contributed by atoms with Crippen molar-refractivity contribution in [2.24, 2.45) is 0 Å². The molecule has 1 N–H and O–H groups in total. The molecule has 0 aliphatic rings. The molecule has 86 valence electrons. The highest BCUT2D eigenvalue weighted by Crippen LogP contribution is 2.19. The van der Waals surface area contributed by atoms with E-state index in [-0.39, 0.29) is 6.29 Å². The van der Waals surface area contributed by atoms with Crippen LogP contribution in [0.5, 0.6) is 5.75 Å². The highest BCUT2D eigenvalue weighted by molar-refractivity contribution is 5.89. The maximum Gasteiger partial charge on any atom is 0.352 e. The third kappa shape index (κ3) is 3.08. The maximum atomic E-state index is 10.6. The summed E-state index contributed by atoms with van der Waals surface area (Å²) in [5, 5.41) is 8.62. The molecular formula is C12H14O4. The molecule has 0 spiro atoms. The fourth-order valence-corrected chi connectivity index (χ4v) is 1.21. The highest BCUT2D eigenvalue weighted by Gasteiger charge is 2.17. The van der Waals surface area contributed by atoms with Crippen LogP contribution in [0.4, 0.5) is 0 Å². The van der Waals surface area contributed by atoms with Crippen molar-refractivity contribution in [2.45, 2.75) is 25.9 Å². The largest absolute Gasteiger partial charge is 0.478 e. The summed E-state index contributed by atoms with van der Waals surface area (Å²) in [6, 6.07) is 7.02. The summed E-state index contributed by atoms with van der Waals surface area (Å²) in [7, 11) is 0. The van der Waals surface area contributed by atoms with E-state index in [9.17, 15) is 9.59 Å². The number of carboxylic acid groups (broad SMARTS) is 1. The van der Waals surface area contributed by atoms with Crippen molar-refractivity contribution in [1.82, 2.24) is 0 Å². The van der Waals surface area contributed by atoms with Crippen molar-refractivity contribution in [3.05, 3.63) is 29.8 Å². The Morgan fingerprint density at radius 2 is 1.88 bits per heavy atom. The van der Waals surface area contributed by atoms with Crippen molar-refractivity contribution in [3.8, 4) is 5.75 Å². The summed E-state index contributed by atoms with van der Waals surface area (Å²) >= 11 is 0. The minimum Gasteiger partial charge on any atom is -0.478 e. The monoisotopic (exact) mass is 222 g/mol. The van der Waals surface area contributed by atoms with Crippen molar-refractivity contribution in [2.75, 3.05) is 0 Å². The van der Waals surface area contributed by atoms with Crippen molar-refractivity contribution >= 4 is 12.3 Å². The van der Waals surface area contributed by atoms with E-state index in [1.807, 2.05) is 12.1 Å². The van der Waals surface area contributed by atoms with E-state index in [0.717, 1.165) is 5.56 Å². The minimum atomic E-state index is -1.44. The van der Waals surface area contributed by atoms with Crippen LogP contribution in [0.25, 0.3) is 0 Å². The average Bonchev–Trinajstić information content (AvgIpc) is 2.26. The molecule has 0 saturated carbocycles. The van der Waals surface area contributed by atoms with Gasteiger partial charge in [0, 0.05) is 0 Å².